The molecule has 0 saturated heterocycles. The summed E-state index contributed by atoms with van der Waals surface area (Å²) < 4.78 is 10.5. The molecule has 0 unspecified atom stereocenters. The average Bonchev–Trinajstić information content (AvgIpc) is 2.67. The second-order valence-electron chi connectivity index (χ2n) is 7.74. The van der Waals surface area contributed by atoms with E-state index >= 15 is 0 Å². The molecule has 2 N–H and O–H groups in total. The van der Waals surface area contributed by atoms with Crippen LogP contribution in [-0.2, 0) is 22.4 Å². The third-order valence-corrected chi connectivity index (χ3v) is 3.95. The molecule has 0 aliphatic carbocycles. The van der Waals surface area contributed by atoms with Crippen LogP contribution in [0.5, 0.6) is 5.75 Å². The monoisotopic (exact) mass is 408 g/mol. The first-order valence-electron chi connectivity index (χ1n) is 9.76. The summed E-state index contributed by atoms with van der Waals surface area (Å²) in [6.07, 6.45) is 5.65. The van der Waals surface area contributed by atoms with Gasteiger partial charge in [0.05, 0.1) is 6.42 Å². The highest BCUT2D eigenvalue weighted by Gasteiger charge is 2.16. The smallest absolute Gasteiger partial charge is 0.412 e. The molecule has 2 aromatic carbocycles. The molecule has 6 nitrogen and oxygen atoms in total. The topological polar surface area (TPSA) is 76.7 Å². The van der Waals surface area contributed by atoms with E-state index < -0.39 is 11.7 Å². The number of amides is 2. The summed E-state index contributed by atoms with van der Waals surface area (Å²) in [7, 11) is 0. The van der Waals surface area contributed by atoms with Gasteiger partial charge < -0.3 is 14.8 Å². The Labute approximate surface area is 178 Å². The van der Waals surface area contributed by atoms with Crippen LogP contribution in [0.4, 0.5) is 10.5 Å². The zero-order valence-corrected chi connectivity index (χ0v) is 17.7. The number of anilines is 1. The molecule has 0 aromatic heterocycles. The molecule has 0 spiro atoms. The molecule has 0 radical (unpaired) electrons. The first kappa shape index (κ1) is 22.8. The van der Waals surface area contributed by atoms with E-state index in [9.17, 15) is 9.59 Å². The number of hydrogen-bond donors (Lipinski definition) is 2. The van der Waals surface area contributed by atoms with E-state index in [-0.39, 0.29) is 18.9 Å². The molecule has 0 bridgehead atoms. The van der Waals surface area contributed by atoms with Gasteiger partial charge in [-0.15, -0.1) is 6.42 Å². The van der Waals surface area contributed by atoms with E-state index in [1.165, 1.54) is 0 Å². The molecular formula is C24H28N2O4. The first-order valence-corrected chi connectivity index (χ1v) is 9.76. The van der Waals surface area contributed by atoms with Crippen LogP contribution in [-0.4, -0.2) is 30.8 Å². The lowest BCUT2D eigenvalue weighted by molar-refractivity contribution is -0.120. The molecule has 0 aliphatic rings. The lowest BCUT2D eigenvalue weighted by atomic mass is 10.1. The van der Waals surface area contributed by atoms with Crippen molar-refractivity contribution in [3.63, 3.8) is 0 Å². The molecule has 6 heteroatoms. The second-order valence-corrected chi connectivity index (χ2v) is 7.74. The normalized spacial score (nSPS) is 10.6. The quantitative estimate of drug-likeness (QED) is 0.649. The third-order valence-electron chi connectivity index (χ3n) is 3.95. The SMILES string of the molecule is C#CCOc1ccc(CCNC(=O)Cc2ccc(NC(=O)OC(C)(C)C)cc2)cc1. The minimum Gasteiger partial charge on any atom is -0.481 e. The van der Waals surface area contributed by atoms with Crippen LogP contribution in [0.15, 0.2) is 48.5 Å². The van der Waals surface area contributed by atoms with Crippen LogP contribution in [0.25, 0.3) is 0 Å². The summed E-state index contributed by atoms with van der Waals surface area (Å²) in [6.45, 7) is 6.20. The van der Waals surface area contributed by atoms with E-state index in [4.69, 9.17) is 15.9 Å². The van der Waals surface area contributed by atoms with E-state index in [0.717, 1.165) is 23.3 Å². The van der Waals surface area contributed by atoms with Gasteiger partial charge >= 0.3 is 6.09 Å². The Hall–Kier alpha value is -3.46. The van der Waals surface area contributed by atoms with Crippen LogP contribution in [0.1, 0.15) is 31.9 Å². The Morgan fingerprint density at radius 1 is 1.00 bits per heavy atom. The average molecular weight is 408 g/mol. The van der Waals surface area contributed by atoms with Crippen LogP contribution in [0.2, 0.25) is 0 Å². The zero-order chi connectivity index (χ0) is 22.0. The summed E-state index contributed by atoms with van der Waals surface area (Å²) in [5.74, 6) is 3.09. The molecular weight excluding hydrogens is 380 g/mol. The fourth-order valence-corrected chi connectivity index (χ4v) is 2.60. The van der Waals surface area contributed by atoms with Crippen molar-refractivity contribution in [3.8, 4) is 18.1 Å². The summed E-state index contributed by atoms with van der Waals surface area (Å²) in [6, 6.07) is 14.7. The largest absolute Gasteiger partial charge is 0.481 e. The Morgan fingerprint density at radius 3 is 2.23 bits per heavy atom. The zero-order valence-electron chi connectivity index (χ0n) is 17.7. The van der Waals surface area contributed by atoms with Crippen LogP contribution < -0.4 is 15.4 Å². The highest BCUT2D eigenvalue weighted by molar-refractivity contribution is 5.85. The molecule has 0 saturated carbocycles. The highest BCUT2D eigenvalue weighted by atomic mass is 16.6. The Kier molecular flexibility index (Phi) is 8.30. The summed E-state index contributed by atoms with van der Waals surface area (Å²) >= 11 is 0. The molecule has 30 heavy (non-hydrogen) atoms. The number of benzene rings is 2. The van der Waals surface area contributed by atoms with Gasteiger partial charge in [0.2, 0.25) is 5.91 Å². The molecule has 0 aliphatic heterocycles. The molecule has 0 fully saturated rings. The van der Waals surface area contributed by atoms with Gasteiger partial charge in [0.15, 0.2) is 0 Å². The van der Waals surface area contributed by atoms with Crippen molar-refractivity contribution in [2.24, 2.45) is 0 Å². The van der Waals surface area contributed by atoms with Crippen molar-refractivity contribution in [1.82, 2.24) is 5.32 Å². The van der Waals surface area contributed by atoms with Gasteiger partial charge in [-0.1, -0.05) is 30.2 Å². The lowest BCUT2D eigenvalue weighted by Crippen LogP contribution is -2.27. The van der Waals surface area contributed by atoms with E-state index in [1.807, 2.05) is 24.3 Å². The summed E-state index contributed by atoms with van der Waals surface area (Å²) in [5, 5.41) is 5.58. The van der Waals surface area contributed by atoms with Gasteiger partial charge in [0.1, 0.15) is 18.0 Å². The third kappa shape index (κ3) is 8.70. The van der Waals surface area contributed by atoms with Crippen molar-refractivity contribution >= 4 is 17.7 Å². The summed E-state index contributed by atoms with van der Waals surface area (Å²) in [5.41, 5.74) is 2.01. The van der Waals surface area contributed by atoms with E-state index in [1.54, 1.807) is 45.0 Å². The van der Waals surface area contributed by atoms with Crippen molar-refractivity contribution in [3.05, 3.63) is 59.7 Å². The number of carbonyl (C=O) groups is 2. The standard InChI is InChI=1S/C24H28N2O4/c1-5-16-29-21-12-8-18(9-13-21)14-15-25-22(27)17-19-6-10-20(11-7-19)26-23(28)30-24(2,3)4/h1,6-13H,14-17H2,2-4H3,(H,25,27)(H,26,28). The van der Waals surface area contributed by atoms with Crippen molar-refractivity contribution in [1.29, 1.82) is 0 Å². The predicted octanol–water partition coefficient (Wildman–Crippen LogP) is 3.95. The maximum atomic E-state index is 12.2. The van der Waals surface area contributed by atoms with E-state index in [2.05, 4.69) is 16.6 Å². The number of rotatable bonds is 8. The van der Waals surface area contributed by atoms with E-state index in [0.29, 0.717) is 12.2 Å². The van der Waals surface area contributed by atoms with Gasteiger partial charge in [-0.3, -0.25) is 10.1 Å². The maximum absolute atomic E-state index is 12.2. The number of carbonyl (C=O) groups excluding carboxylic acids is 2. The first-order chi connectivity index (χ1) is 14.2. The fraction of sp³-hybridized carbons (Fsp3) is 0.333. The summed E-state index contributed by atoms with van der Waals surface area (Å²) in [4.78, 5) is 23.9. The highest BCUT2D eigenvalue weighted by Crippen LogP contribution is 2.14. The van der Waals surface area contributed by atoms with Crippen LogP contribution in [0, 0.1) is 12.3 Å². The molecule has 2 amide bonds. The van der Waals surface area contributed by atoms with Gasteiger partial charge in [-0.2, -0.15) is 0 Å². The van der Waals surface area contributed by atoms with Gasteiger partial charge in [0.25, 0.3) is 0 Å². The fourth-order valence-electron chi connectivity index (χ4n) is 2.60. The van der Waals surface area contributed by atoms with Crippen molar-refractivity contribution in [2.75, 3.05) is 18.5 Å². The van der Waals surface area contributed by atoms with Crippen LogP contribution in [0.3, 0.4) is 0 Å². The van der Waals surface area contributed by atoms with Gasteiger partial charge in [0, 0.05) is 12.2 Å². The molecule has 2 aromatic rings. The number of hydrogen-bond acceptors (Lipinski definition) is 4. The van der Waals surface area contributed by atoms with Crippen LogP contribution >= 0.6 is 0 Å². The number of ether oxygens (including phenoxy) is 2. The number of nitrogens with one attached hydrogen (secondary N) is 2. The minimum atomic E-state index is -0.556. The molecule has 0 atom stereocenters. The minimum absolute atomic E-state index is 0.0585. The van der Waals surface area contributed by atoms with Crippen molar-refractivity contribution < 1.29 is 19.1 Å². The Bertz CT molecular complexity index is 875. The predicted molar refractivity (Wildman–Crippen MR) is 117 cm³/mol. The van der Waals surface area contributed by atoms with Gasteiger partial charge in [-0.25, -0.2) is 4.79 Å². The van der Waals surface area contributed by atoms with Gasteiger partial charge in [-0.05, 0) is 62.6 Å². The Balaban J connectivity index is 1.73. The second kappa shape index (κ2) is 10.9. The molecule has 158 valence electrons. The number of terminal acetylenes is 1. The lowest BCUT2D eigenvalue weighted by Gasteiger charge is -2.19. The molecule has 0 heterocycles. The van der Waals surface area contributed by atoms with Crippen molar-refractivity contribution in [2.45, 2.75) is 39.2 Å². The molecule has 2 rings (SSSR count). The maximum Gasteiger partial charge on any atom is 0.412 e. The Morgan fingerprint density at radius 2 is 1.63 bits per heavy atom.